The van der Waals surface area contributed by atoms with Crippen molar-refractivity contribution in [2.45, 2.75) is 77.6 Å². The van der Waals surface area contributed by atoms with Gasteiger partial charge in [0.2, 0.25) is 11.8 Å². The molecule has 0 aromatic heterocycles. The van der Waals surface area contributed by atoms with Gasteiger partial charge in [-0.05, 0) is 80.6 Å². The first kappa shape index (κ1) is 32.8. The van der Waals surface area contributed by atoms with E-state index in [0.717, 1.165) is 16.3 Å². The van der Waals surface area contributed by atoms with E-state index >= 15 is 0 Å². The van der Waals surface area contributed by atoms with Gasteiger partial charge in [-0.3, -0.25) is 14.4 Å². The quantitative estimate of drug-likeness (QED) is 0.241. The van der Waals surface area contributed by atoms with Crippen molar-refractivity contribution in [1.82, 2.24) is 10.2 Å². The van der Waals surface area contributed by atoms with Crippen molar-refractivity contribution >= 4 is 46.4 Å². The summed E-state index contributed by atoms with van der Waals surface area (Å²) in [4.78, 5) is 54.5. The molecule has 0 aliphatic heterocycles. The lowest BCUT2D eigenvalue weighted by atomic mass is 9.97. The summed E-state index contributed by atoms with van der Waals surface area (Å²) in [7, 11) is 0. The van der Waals surface area contributed by atoms with Crippen LogP contribution in [0.3, 0.4) is 0 Å². The third-order valence-corrected chi connectivity index (χ3v) is 6.99. The molecule has 9 nitrogen and oxygen atoms in total. The van der Waals surface area contributed by atoms with E-state index in [1.165, 1.54) is 4.90 Å². The SMILES string of the molecule is C=Cc1cccc(C(C(=O)Nc2ccc3ccccc3c2)N(C(=O)C(CCC(N)=O)NC(=O)OC(C)(C)C)C(C)CC)c1. The molecule has 0 aliphatic carbocycles. The number of hydrogen-bond donors (Lipinski definition) is 3. The molecule has 3 unspecified atom stereocenters. The molecule has 3 rings (SSSR count). The van der Waals surface area contributed by atoms with Crippen LogP contribution >= 0.6 is 0 Å². The first-order valence-electron chi connectivity index (χ1n) is 14.4. The minimum atomic E-state index is -1.17. The van der Waals surface area contributed by atoms with Gasteiger partial charge < -0.3 is 26.0 Å². The second-order valence-corrected chi connectivity index (χ2v) is 11.5. The van der Waals surface area contributed by atoms with Crippen LogP contribution in [-0.4, -0.2) is 46.4 Å². The second-order valence-electron chi connectivity index (χ2n) is 11.5. The number of anilines is 1. The Kier molecular flexibility index (Phi) is 11.1. The summed E-state index contributed by atoms with van der Waals surface area (Å²) in [5, 5.41) is 7.60. The number of alkyl carbamates (subject to hydrolysis) is 1. The van der Waals surface area contributed by atoms with Gasteiger partial charge in [0, 0.05) is 18.2 Å². The molecule has 0 bridgehead atoms. The minimum Gasteiger partial charge on any atom is -0.444 e. The highest BCUT2D eigenvalue weighted by Gasteiger charge is 2.38. The van der Waals surface area contributed by atoms with Crippen molar-refractivity contribution in [1.29, 1.82) is 0 Å². The van der Waals surface area contributed by atoms with Gasteiger partial charge in [0.15, 0.2) is 0 Å². The van der Waals surface area contributed by atoms with Gasteiger partial charge >= 0.3 is 6.09 Å². The molecule has 0 spiro atoms. The van der Waals surface area contributed by atoms with Gasteiger partial charge in [0.25, 0.3) is 5.91 Å². The van der Waals surface area contributed by atoms with Crippen LogP contribution in [0.15, 0.2) is 73.3 Å². The van der Waals surface area contributed by atoms with Crippen molar-refractivity contribution in [3.63, 3.8) is 0 Å². The molecule has 0 saturated carbocycles. The molecule has 3 aromatic rings. The van der Waals surface area contributed by atoms with Crippen LogP contribution in [0.1, 0.15) is 71.0 Å². The highest BCUT2D eigenvalue weighted by Crippen LogP contribution is 2.29. The van der Waals surface area contributed by atoms with Crippen molar-refractivity contribution in [2.75, 3.05) is 5.32 Å². The molecule has 0 fully saturated rings. The molecule has 3 atom stereocenters. The maximum Gasteiger partial charge on any atom is 0.408 e. The van der Waals surface area contributed by atoms with Crippen LogP contribution in [0.2, 0.25) is 0 Å². The minimum absolute atomic E-state index is 0.0634. The Hall–Kier alpha value is -4.66. The molecule has 4 N–H and O–H groups in total. The molecule has 43 heavy (non-hydrogen) atoms. The lowest BCUT2D eigenvalue weighted by Crippen LogP contribution is -2.55. The molecule has 3 aromatic carbocycles. The Labute approximate surface area is 253 Å². The number of nitrogens with two attached hydrogens (primary N) is 1. The maximum atomic E-state index is 14.4. The summed E-state index contributed by atoms with van der Waals surface area (Å²) >= 11 is 0. The first-order chi connectivity index (χ1) is 20.3. The molecule has 0 saturated heterocycles. The Morgan fingerprint density at radius 1 is 1.00 bits per heavy atom. The lowest BCUT2D eigenvalue weighted by Gasteiger charge is -2.38. The van der Waals surface area contributed by atoms with Crippen LogP contribution in [0.5, 0.6) is 0 Å². The molecule has 0 radical (unpaired) electrons. The smallest absolute Gasteiger partial charge is 0.408 e. The number of ether oxygens (including phenoxy) is 1. The van der Waals surface area contributed by atoms with Crippen molar-refractivity contribution < 1.29 is 23.9 Å². The predicted octanol–water partition coefficient (Wildman–Crippen LogP) is 5.95. The number of fused-ring (bicyclic) bond motifs is 1. The standard InChI is InChI=1S/C34H42N4O5/c1-7-22(3)38(32(41)28(18-19-29(35)39)37-33(42)43-34(4,5)6)30(26-15-11-12-23(8-2)20-26)31(40)36-27-17-16-24-13-9-10-14-25(24)21-27/h8-17,20-22,28,30H,2,7,18-19H2,1,3-6H3,(H2,35,39)(H,36,40)(H,37,42). The number of benzene rings is 3. The summed E-state index contributed by atoms with van der Waals surface area (Å²) in [6, 6.07) is 18.0. The van der Waals surface area contributed by atoms with E-state index in [0.29, 0.717) is 17.7 Å². The normalized spacial score (nSPS) is 13.3. The average Bonchev–Trinajstić information content (AvgIpc) is 2.96. The van der Waals surface area contributed by atoms with E-state index in [1.54, 1.807) is 45.0 Å². The zero-order valence-corrected chi connectivity index (χ0v) is 25.6. The molecule has 9 heteroatoms. The zero-order valence-electron chi connectivity index (χ0n) is 25.6. The second kappa shape index (κ2) is 14.5. The Bertz CT molecular complexity index is 1480. The number of hydrogen-bond acceptors (Lipinski definition) is 5. The topological polar surface area (TPSA) is 131 Å². The van der Waals surface area contributed by atoms with Crippen LogP contribution in [-0.2, 0) is 19.1 Å². The number of carbonyl (C=O) groups excluding carboxylic acids is 4. The monoisotopic (exact) mass is 586 g/mol. The van der Waals surface area contributed by atoms with Crippen LogP contribution < -0.4 is 16.4 Å². The van der Waals surface area contributed by atoms with E-state index in [9.17, 15) is 19.2 Å². The molecule has 228 valence electrons. The number of amides is 4. The Balaban J connectivity index is 2.08. The van der Waals surface area contributed by atoms with Crippen molar-refractivity contribution in [3.05, 3.63) is 84.4 Å². The van der Waals surface area contributed by atoms with E-state index in [-0.39, 0.29) is 12.8 Å². The third kappa shape index (κ3) is 9.16. The van der Waals surface area contributed by atoms with Gasteiger partial charge in [0.05, 0.1) is 0 Å². The molecule has 4 amide bonds. The van der Waals surface area contributed by atoms with Gasteiger partial charge in [-0.25, -0.2) is 4.79 Å². The highest BCUT2D eigenvalue weighted by molar-refractivity contribution is 6.00. The van der Waals surface area contributed by atoms with E-state index in [4.69, 9.17) is 10.5 Å². The molecular formula is C34H42N4O5. The predicted molar refractivity (Wildman–Crippen MR) is 170 cm³/mol. The number of primary amides is 1. The Morgan fingerprint density at radius 2 is 1.70 bits per heavy atom. The fourth-order valence-corrected chi connectivity index (χ4v) is 4.74. The number of rotatable bonds is 12. The van der Waals surface area contributed by atoms with E-state index in [1.807, 2.05) is 62.4 Å². The summed E-state index contributed by atoms with van der Waals surface area (Å²) in [6.07, 6.45) is 1.15. The maximum absolute atomic E-state index is 14.4. The van der Waals surface area contributed by atoms with Crippen LogP contribution in [0, 0.1) is 0 Å². The Morgan fingerprint density at radius 3 is 2.33 bits per heavy atom. The van der Waals surface area contributed by atoms with Crippen molar-refractivity contribution in [2.24, 2.45) is 5.73 Å². The fraction of sp³-hybridized carbons (Fsp3) is 0.353. The average molecular weight is 587 g/mol. The number of nitrogens with one attached hydrogen (secondary N) is 2. The largest absolute Gasteiger partial charge is 0.444 e. The zero-order chi connectivity index (χ0) is 31.7. The van der Waals surface area contributed by atoms with E-state index < -0.39 is 47.5 Å². The van der Waals surface area contributed by atoms with Gasteiger partial charge in [-0.1, -0.05) is 68.1 Å². The van der Waals surface area contributed by atoms with Gasteiger partial charge in [0.1, 0.15) is 17.7 Å². The first-order valence-corrected chi connectivity index (χ1v) is 14.4. The fourth-order valence-electron chi connectivity index (χ4n) is 4.74. The van der Waals surface area contributed by atoms with Crippen molar-refractivity contribution in [3.8, 4) is 0 Å². The highest BCUT2D eigenvalue weighted by atomic mass is 16.6. The summed E-state index contributed by atoms with van der Waals surface area (Å²) in [5.41, 5.74) is 6.51. The molecule has 0 aliphatic rings. The third-order valence-electron chi connectivity index (χ3n) is 6.99. The molecule has 0 heterocycles. The number of nitrogens with zero attached hydrogens (tertiary/aromatic N) is 1. The van der Waals surface area contributed by atoms with Crippen LogP contribution in [0.4, 0.5) is 10.5 Å². The van der Waals surface area contributed by atoms with Gasteiger partial charge in [-0.15, -0.1) is 0 Å². The van der Waals surface area contributed by atoms with Gasteiger partial charge in [-0.2, -0.15) is 0 Å². The summed E-state index contributed by atoms with van der Waals surface area (Å²) in [6.45, 7) is 12.7. The van der Waals surface area contributed by atoms with E-state index in [2.05, 4.69) is 17.2 Å². The summed E-state index contributed by atoms with van der Waals surface area (Å²) < 4.78 is 5.40. The number of carbonyl (C=O) groups is 4. The lowest BCUT2D eigenvalue weighted by molar-refractivity contribution is -0.143. The van der Waals surface area contributed by atoms with Crippen LogP contribution in [0.25, 0.3) is 16.8 Å². The summed E-state index contributed by atoms with van der Waals surface area (Å²) in [5.74, 6) is -1.59. The molecular weight excluding hydrogens is 544 g/mol.